The second kappa shape index (κ2) is 4.84. The zero-order chi connectivity index (χ0) is 12.4. The molecule has 1 aromatic carbocycles. The van der Waals surface area contributed by atoms with E-state index in [0.29, 0.717) is 18.2 Å². The third-order valence-corrected chi connectivity index (χ3v) is 3.42. The molecule has 0 radical (unpaired) electrons. The van der Waals surface area contributed by atoms with Crippen LogP contribution in [0.1, 0.15) is 35.2 Å². The molecule has 1 saturated carbocycles. The van der Waals surface area contributed by atoms with E-state index in [1.807, 2.05) is 7.05 Å². The summed E-state index contributed by atoms with van der Waals surface area (Å²) in [5.74, 6) is -1.38. The average molecular weight is 237 g/mol. The van der Waals surface area contributed by atoms with Crippen LogP contribution in [0.4, 0.5) is 4.39 Å². The van der Waals surface area contributed by atoms with Crippen LogP contribution in [0.2, 0.25) is 0 Å². The summed E-state index contributed by atoms with van der Waals surface area (Å²) in [5.41, 5.74) is 0.740. The molecule has 0 saturated heterocycles. The van der Waals surface area contributed by atoms with Crippen LogP contribution in [0.5, 0.6) is 0 Å². The molecule has 0 aliphatic heterocycles. The van der Waals surface area contributed by atoms with Crippen molar-refractivity contribution in [1.82, 2.24) is 4.90 Å². The Morgan fingerprint density at radius 1 is 1.53 bits per heavy atom. The maximum Gasteiger partial charge on any atom is 0.336 e. The summed E-state index contributed by atoms with van der Waals surface area (Å²) in [6, 6.07) is 4.36. The number of carboxylic acid groups (broad SMARTS) is 1. The molecule has 0 aromatic heterocycles. The molecule has 1 fully saturated rings. The van der Waals surface area contributed by atoms with Gasteiger partial charge in [0.1, 0.15) is 5.82 Å². The Balaban J connectivity index is 2.17. The van der Waals surface area contributed by atoms with Gasteiger partial charge >= 0.3 is 5.97 Å². The molecule has 1 N–H and O–H groups in total. The summed E-state index contributed by atoms with van der Waals surface area (Å²) < 4.78 is 13.1. The highest BCUT2D eigenvalue weighted by Crippen LogP contribution is 2.25. The lowest BCUT2D eigenvalue weighted by atomic mass is 9.91. The molecule has 0 amide bonds. The lowest BCUT2D eigenvalue weighted by Gasteiger charge is -2.35. The average Bonchev–Trinajstić information content (AvgIpc) is 2.13. The topological polar surface area (TPSA) is 40.5 Å². The van der Waals surface area contributed by atoms with E-state index in [1.165, 1.54) is 24.6 Å². The van der Waals surface area contributed by atoms with E-state index < -0.39 is 5.97 Å². The number of rotatable bonds is 4. The fourth-order valence-electron chi connectivity index (χ4n) is 2.13. The van der Waals surface area contributed by atoms with Gasteiger partial charge in [-0.1, -0.05) is 6.42 Å². The summed E-state index contributed by atoms with van der Waals surface area (Å²) in [7, 11) is 1.96. The Morgan fingerprint density at radius 2 is 2.24 bits per heavy atom. The Hall–Kier alpha value is -1.42. The standard InChI is InChI=1S/C13H16FNO2/c1-15(11-3-2-4-11)8-9-7-10(14)5-6-12(9)13(16)17/h5-7,11H,2-4,8H2,1H3,(H,16,17). The zero-order valence-electron chi connectivity index (χ0n) is 9.82. The summed E-state index contributed by atoms with van der Waals surface area (Å²) in [5, 5.41) is 9.04. The second-order valence-electron chi connectivity index (χ2n) is 4.61. The molecule has 0 bridgehead atoms. The smallest absolute Gasteiger partial charge is 0.336 e. The highest BCUT2D eigenvalue weighted by Gasteiger charge is 2.23. The number of hydrogen-bond donors (Lipinski definition) is 1. The van der Waals surface area contributed by atoms with Gasteiger partial charge in [-0.05, 0) is 43.7 Å². The van der Waals surface area contributed by atoms with Crippen LogP contribution in [0, 0.1) is 5.82 Å². The van der Waals surface area contributed by atoms with E-state index in [-0.39, 0.29) is 11.4 Å². The lowest BCUT2D eigenvalue weighted by molar-refractivity contribution is 0.0693. The minimum Gasteiger partial charge on any atom is -0.478 e. The Labute approximate surface area is 99.9 Å². The Bertz CT molecular complexity index is 429. The van der Waals surface area contributed by atoms with Crippen LogP contribution >= 0.6 is 0 Å². The number of benzene rings is 1. The van der Waals surface area contributed by atoms with Crippen LogP contribution < -0.4 is 0 Å². The van der Waals surface area contributed by atoms with Gasteiger partial charge in [-0.15, -0.1) is 0 Å². The fraction of sp³-hybridized carbons (Fsp3) is 0.462. The van der Waals surface area contributed by atoms with Crippen molar-refractivity contribution in [2.45, 2.75) is 31.8 Å². The first-order chi connectivity index (χ1) is 8.08. The Morgan fingerprint density at radius 3 is 2.76 bits per heavy atom. The van der Waals surface area contributed by atoms with Crippen molar-refractivity contribution in [2.24, 2.45) is 0 Å². The van der Waals surface area contributed by atoms with Gasteiger partial charge in [-0.3, -0.25) is 4.90 Å². The number of aromatic carboxylic acids is 1. The largest absolute Gasteiger partial charge is 0.478 e. The predicted octanol–water partition coefficient (Wildman–Crippen LogP) is 2.51. The van der Waals surface area contributed by atoms with Crippen molar-refractivity contribution in [3.8, 4) is 0 Å². The monoisotopic (exact) mass is 237 g/mol. The number of hydrogen-bond acceptors (Lipinski definition) is 2. The van der Waals surface area contributed by atoms with Gasteiger partial charge in [0.05, 0.1) is 5.56 Å². The molecule has 1 aliphatic carbocycles. The predicted molar refractivity (Wildman–Crippen MR) is 62.5 cm³/mol. The van der Waals surface area contributed by atoms with Crippen LogP contribution in [0.15, 0.2) is 18.2 Å². The van der Waals surface area contributed by atoms with Crippen molar-refractivity contribution >= 4 is 5.97 Å². The molecule has 0 atom stereocenters. The van der Waals surface area contributed by atoms with Crippen LogP contribution in [0.3, 0.4) is 0 Å². The molecule has 3 nitrogen and oxygen atoms in total. The van der Waals surface area contributed by atoms with Gasteiger partial charge in [0.25, 0.3) is 0 Å². The number of carboxylic acids is 1. The molecule has 4 heteroatoms. The summed E-state index contributed by atoms with van der Waals surface area (Å²) in [6.07, 6.45) is 3.52. The number of halogens is 1. The van der Waals surface area contributed by atoms with E-state index in [1.54, 1.807) is 0 Å². The second-order valence-corrected chi connectivity index (χ2v) is 4.61. The molecule has 2 rings (SSSR count). The SMILES string of the molecule is CN(Cc1cc(F)ccc1C(=O)O)C1CCC1. The molecule has 17 heavy (non-hydrogen) atoms. The zero-order valence-corrected chi connectivity index (χ0v) is 9.82. The van der Waals surface area contributed by atoms with E-state index >= 15 is 0 Å². The van der Waals surface area contributed by atoms with Crippen molar-refractivity contribution in [2.75, 3.05) is 7.05 Å². The first kappa shape index (κ1) is 12.0. The lowest BCUT2D eigenvalue weighted by Crippen LogP contribution is -2.36. The fourth-order valence-corrected chi connectivity index (χ4v) is 2.13. The van der Waals surface area contributed by atoms with Gasteiger partial charge in [0.15, 0.2) is 0 Å². The molecule has 1 aliphatic rings. The Kier molecular flexibility index (Phi) is 3.43. The van der Waals surface area contributed by atoms with Crippen molar-refractivity contribution < 1.29 is 14.3 Å². The minimum absolute atomic E-state index is 0.192. The number of carbonyl (C=O) groups is 1. The molecule has 0 heterocycles. The van der Waals surface area contributed by atoms with Crippen molar-refractivity contribution in [1.29, 1.82) is 0 Å². The molecule has 92 valence electrons. The van der Waals surface area contributed by atoms with Gasteiger partial charge < -0.3 is 5.11 Å². The normalized spacial score (nSPS) is 15.9. The first-order valence-corrected chi connectivity index (χ1v) is 5.80. The maximum absolute atomic E-state index is 13.1. The quantitative estimate of drug-likeness (QED) is 0.874. The van der Waals surface area contributed by atoms with Crippen LogP contribution in [-0.4, -0.2) is 29.1 Å². The summed E-state index contributed by atoms with van der Waals surface area (Å²) in [4.78, 5) is 13.1. The van der Waals surface area contributed by atoms with E-state index in [4.69, 9.17) is 5.11 Å². The minimum atomic E-state index is -0.998. The van der Waals surface area contributed by atoms with Gasteiger partial charge in [-0.25, -0.2) is 9.18 Å². The highest BCUT2D eigenvalue weighted by atomic mass is 19.1. The molecule has 0 unspecified atom stereocenters. The highest BCUT2D eigenvalue weighted by molar-refractivity contribution is 5.89. The van der Waals surface area contributed by atoms with Crippen molar-refractivity contribution in [3.05, 3.63) is 35.1 Å². The van der Waals surface area contributed by atoms with Gasteiger partial charge in [-0.2, -0.15) is 0 Å². The molecular weight excluding hydrogens is 221 g/mol. The van der Waals surface area contributed by atoms with E-state index in [0.717, 1.165) is 12.8 Å². The number of nitrogens with zero attached hydrogens (tertiary/aromatic N) is 1. The van der Waals surface area contributed by atoms with Crippen molar-refractivity contribution in [3.63, 3.8) is 0 Å². The van der Waals surface area contributed by atoms with Gasteiger partial charge in [0, 0.05) is 12.6 Å². The summed E-state index contributed by atoms with van der Waals surface area (Å²) >= 11 is 0. The third-order valence-electron chi connectivity index (χ3n) is 3.42. The maximum atomic E-state index is 13.1. The van der Waals surface area contributed by atoms with E-state index in [2.05, 4.69) is 4.90 Å². The molecule has 1 aromatic rings. The molecular formula is C13H16FNO2. The van der Waals surface area contributed by atoms with E-state index in [9.17, 15) is 9.18 Å². The van der Waals surface area contributed by atoms with Gasteiger partial charge in [0.2, 0.25) is 0 Å². The molecule has 0 spiro atoms. The first-order valence-electron chi connectivity index (χ1n) is 5.80. The van der Waals surface area contributed by atoms with Crippen LogP contribution in [-0.2, 0) is 6.54 Å². The third kappa shape index (κ3) is 2.64. The summed E-state index contributed by atoms with van der Waals surface area (Å²) in [6.45, 7) is 0.490. The van der Waals surface area contributed by atoms with Crippen LogP contribution in [0.25, 0.3) is 0 Å².